The molecule has 1 aromatic heterocycles. The minimum Gasteiger partial charge on any atom is -0.381 e. The summed E-state index contributed by atoms with van der Waals surface area (Å²) < 4.78 is 27.7. The summed E-state index contributed by atoms with van der Waals surface area (Å²) in [6.07, 6.45) is 4.61. The highest BCUT2D eigenvalue weighted by Crippen LogP contribution is 2.12. The molecule has 0 fully saturated rings. The highest BCUT2D eigenvalue weighted by Gasteiger charge is 2.00. The van der Waals surface area contributed by atoms with Gasteiger partial charge < -0.3 is 10.1 Å². The monoisotopic (exact) mass is 322 g/mol. The van der Waals surface area contributed by atoms with Crippen LogP contribution in [0.25, 0.3) is 0 Å². The molecule has 0 aliphatic carbocycles. The summed E-state index contributed by atoms with van der Waals surface area (Å²) in [5.74, 6) is 0.0610. The molecule has 1 rings (SSSR count). The maximum Gasteiger partial charge on any atom is 0.149 e. The van der Waals surface area contributed by atoms with Crippen LogP contribution in [0.15, 0.2) is 22.9 Å². The Labute approximate surface area is 110 Å². The van der Waals surface area contributed by atoms with Crippen molar-refractivity contribution < 1.29 is 13.2 Å². The van der Waals surface area contributed by atoms with E-state index in [9.17, 15) is 8.42 Å². The number of halogens is 1. The van der Waals surface area contributed by atoms with Gasteiger partial charge in [0, 0.05) is 23.5 Å². The van der Waals surface area contributed by atoms with Crippen molar-refractivity contribution in [2.24, 2.45) is 0 Å². The molecule has 0 saturated heterocycles. The fourth-order valence-electron chi connectivity index (χ4n) is 1.09. The lowest BCUT2D eigenvalue weighted by Gasteiger charge is -2.06. The zero-order valence-corrected chi connectivity index (χ0v) is 11.9. The highest BCUT2D eigenvalue weighted by molar-refractivity contribution is 9.10. The van der Waals surface area contributed by atoms with Gasteiger partial charge in [0.25, 0.3) is 0 Å². The molecule has 7 heteroatoms. The summed E-state index contributed by atoms with van der Waals surface area (Å²) in [4.78, 5) is 4.00. The number of ether oxygens (including phenoxy) is 1. The van der Waals surface area contributed by atoms with Gasteiger partial charge in [-0.05, 0) is 22.0 Å². The summed E-state index contributed by atoms with van der Waals surface area (Å²) in [6, 6.07) is 1.91. The van der Waals surface area contributed by atoms with Gasteiger partial charge in [0.2, 0.25) is 0 Å². The lowest BCUT2D eigenvalue weighted by atomic mass is 10.4. The lowest BCUT2D eigenvalue weighted by Crippen LogP contribution is -2.15. The molecule has 5 nitrogen and oxygen atoms in total. The fraction of sp³-hybridized carbons (Fsp3) is 0.500. The molecule has 0 aromatic carbocycles. The maximum absolute atomic E-state index is 10.8. The fourth-order valence-corrected chi connectivity index (χ4v) is 1.87. The first kappa shape index (κ1) is 14.4. The van der Waals surface area contributed by atoms with Gasteiger partial charge in [-0.2, -0.15) is 0 Å². The average Bonchev–Trinajstić information content (AvgIpc) is 2.22. The number of rotatable bonds is 7. The van der Waals surface area contributed by atoms with Gasteiger partial charge >= 0.3 is 0 Å². The Morgan fingerprint density at radius 2 is 2.18 bits per heavy atom. The third-order valence-electron chi connectivity index (χ3n) is 1.88. The van der Waals surface area contributed by atoms with Crippen LogP contribution in [-0.2, 0) is 14.6 Å². The second-order valence-corrected chi connectivity index (χ2v) is 6.74. The first-order chi connectivity index (χ1) is 7.97. The predicted octanol–water partition coefficient (Wildman–Crippen LogP) is 1.32. The number of aromatic nitrogens is 1. The average molecular weight is 323 g/mol. The quantitative estimate of drug-likeness (QED) is 0.767. The Bertz CT molecular complexity index is 451. The van der Waals surface area contributed by atoms with E-state index in [0.717, 1.165) is 10.2 Å². The molecule has 0 unspecified atom stereocenters. The zero-order chi connectivity index (χ0) is 12.7. The Hall–Kier alpha value is -0.660. The molecular weight excluding hydrogens is 308 g/mol. The molecule has 17 heavy (non-hydrogen) atoms. The smallest absolute Gasteiger partial charge is 0.149 e. The molecule has 0 spiro atoms. The van der Waals surface area contributed by atoms with Gasteiger partial charge in [-0.3, -0.25) is 4.98 Å². The summed E-state index contributed by atoms with van der Waals surface area (Å²) in [6.45, 7) is 1.31. The van der Waals surface area contributed by atoms with Gasteiger partial charge in [-0.15, -0.1) is 0 Å². The van der Waals surface area contributed by atoms with Crippen LogP contribution in [0.2, 0.25) is 0 Å². The summed E-state index contributed by atoms with van der Waals surface area (Å²) in [5.41, 5.74) is 0.895. The largest absolute Gasteiger partial charge is 0.381 e. The number of nitrogens with zero attached hydrogens (tertiary/aromatic N) is 1. The molecule has 0 aliphatic heterocycles. The van der Waals surface area contributed by atoms with Crippen molar-refractivity contribution in [2.75, 3.05) is 37.1 Å². The lowest BCUT2D eigenvalue weighted by molar-refractivity contribution is 0.159. The van der Waals surface area contributed by atoms with Crippen molar-refractivity contribution in [1.29, 1.82) is 0 Å². The highest BCUT2D eigenvalue weighted by atomic mass is 79.9. The van der Waals surface area contributed by atoms with Crippen molar-refractivity contribution in [3.63, 3.8) is 0 Å². The number of sulfone groups is 1. The minimum absolute atomic E-state index is 0.0610. The van der Waals surface area contributed by atoms with E-state index < -0.39 is 9.84 Å². The van der Waals surface area contributed by atoms with E-state index in [2.05, 4.69) is 26.2 Å². The number of nitrogens with one attached hydrogen (secondary N) is 1. The van der Waals surface area contributed by atoms with Crippen LogP contribution >= 0.6 is 15.9 Å². The zero-order valence-electron chi connectivity index (χ0n) is 9.52. The topological polar surface area (TPSA) is 68.3 Å². The van der Waals surface area contributed by atoms with Crippen molar-refractivity contribution >= 4 is 31.5 Å². The molecule has 1 heterocycles. The summed E-state index contributed by atoms with van der Waals surface area (Å²) in [7, 11) is -2.93. The molecule has 0 atom stereocenters. The van der Waals surface area contributed by atoms with Crippen LogP contribution in [-0.4, -0.2) is 45.2 Å². The molecule has 0 aliphatic rings. The number of hydrogen-bond donors (Lipinski definition) is 1. The summed E-state index contributed by atoms with van der Waals surface area (Å²) in [5, 5.41) is 3.12. The summed E-state index contributed by atoms with van der Waals surface area (Å²) >= 11 is 3.32. The molecular formula is C10H15BrN2O3S. The van der Waals surface area contributed by atoms with E-state index in [1.54, 1.807) is 12.4 Å². The van der Waals surface area contributed by atoms with E-state index in [4.69, 9.17) is 4.74 Å². The van der Waals surface area contributed by atoms with E-state index >= 15 is 0 Å². The van der Waals surface area contributed by atoms with Gasteiger partial charge in [0.15, 0.2) is 0 Å². The van der Waals surface area contributed by atoms with Gasteiger partial charge in [-0.25, -0.2) is 8.42 Å². The van der Waals surface area contributed by atoms with Crippen molar-refractivity contribution in [3.05, 3.63) is 22.9 Å². The van der Waals surface area contributed by atoms with Gasteiger partial charge in [-0.1, -0.05) is 0 Å². The Morgan fingerprint density at radius 1 is 1.41 bits per heavy atom. The van der Waals surface area contributed by atoms with E-state index in [0.29, 0.717) is 13.2 Å². The second kappa shape index (κ2) is 6.93. The normalized spacial score (nSPS) is 11.4. The van der Waals surface area contributed by atoms with Crippen LogP contribution in [0.3, 0.4) is 0 Å². The number of hydrogen-bond acceptors (Lipinski definition) is 5. The third-order valence-corrected chi connectivity index (χ3v) is 3.22. The molecule has 1 N–H and O–H groups in total. The number of pyridine rings is 1. The van der Waals surface area contributed by atoms with Crippen molar-refractivity contribution in [2.45, 2.75) is 0 Å². The Balaban J connectivity index is 2.13. The first-order valence-corrected chi connectivity index (χ1v) is 7.92. The second-order valence-electron chi connectivity index (χ2n) is 3.56. The van der Waals surface area contributed by atoms with Crippen molar-refractivity contribution in [1.82, 2.24) is 4.98 Å². The van der Waals surface area contributed by atoms with Crippen molar-refractivity contribution in [3.8, 4) is 0 Å². The van der Waals surface area contributed by atoms with Gasteiger partial charge in [0.05, 0.1) is 30.9 Å². The predicted molar refractivity (Wildman–Crippen MR) is 71.0 cm³/mol. The standard InChI is InChI=1S/C10H15BrN2O3S/c1-17(14,15)5-4-16-3-2-13-10-6-9(11)7-12-8-10/h6-8,13H,2-5H2,1H3. The van der Waals surface area contributed by atoms with E-state index in [1.807, 2.05) is 6.07 Å². The van der Waals surface area contributed by atoms with Crippen LogP contribution in [0, 0.1) is 0 Å². The Morgan fingerprint density at radius 3 is 2.82 bits per heavy atom. The maximum atomic E-state index is 10.8. The molecule has 0 saturated carbocycles. The third kappa shape index (κ3) is 7.30. The van der Waals surface area contributed by atoms with Crippen LogP contribution < -0.4 is 5.32 Å². The minimum atomic E-state index is -2.93. The van der Waals surface area contributed by atoms with Crippen LogP contribution in [0.4, 0.5) is 5.69 Å². The molecule has 0 radical (unpaired) electrons. The molecule has 1 aromatic rings. The Kier molecular flexibility index (Phi) is 5.87. The first-order valence-electron chi connectivity index (χ1n) is 5.07. The molecule has 0 bridgehead atoms. The molecule has 96 valence electrons. The SMILES string of the molecule is CS(=O)(=O)CCOCCNc1cncc(Br)c1. The van der Waals surface area contributed by atoms with Crippen LogP contribution in [0.5, 0.6) is 0 Å². The number of anilines is 1. The van der Waals surface area contributed by atoms with Crippen LogP contribution in [0.1, 0.15) is 0 Å². The van der Waals surface area contributed by atoms with Gasteiger partial charge in [0.1, 0.15) is 9.84 Å². The van der Waals surface area contributed by atoms with E-state index in [1.165, 1.54) is 6.26 Å². The molecule has 0 amide bonds. The van der Waals surface area contributed by atoms with E-state index in [-0.39, 0.29) is 12.4 Å².